The van der Waals surface area contributed by atoms with Crippen molar-refractivity contribution >= 4 is 8.80 Å². The lowest BCUT2D eigenvalue weighted by molar-refractivity contribution is 0.122. The molecule has 0 unspecified atom stereocenters. The molecule has 0 saturated carbocycles. The summed E-state index contributed by atoms with van der Waals surface area (Å²) < 4.78 is 18.2. The third kappa shape index (κ3) is 2.91. The SMILES string of the molecule is CCc1nccn1CC[Si](OC)(OC)OC. The van der Waals surface area contributed by atoms with Gasteiger partial charge < -0.3 is 17.8 Å². The minimum atomic E-state index is -2.46. The van der Waals surface area contributed by atoms with Crippen molar-refractivity contribution in [2.45, 2.75) is 25.9 Å². The first-order valence-corrected chi connectivity index (χ1v) is 7.30. The Hall–Kier alpha value is -0.693. The van der Waals surface area contributed by atoms with Crippen LogP contribution in [0.4, 0.5) is 0 Å². The summed E-state index contributed by atoms with van der Waals surface area (Å²) in [4.78, 5) is 4.27. The molecular formula is C10H20N2O3Si. The Balaban J connectivity index is 2.62. The second kappa shape index (κ2) is 6.14. The van der Waals surface area contributed by atoms with Crippen LogP contribution in [0, 0.1) is 0 Å². The van der Waals surface area contributed by atoms with Crippen LogP contribution in [0.25, 0.3) is 0 Å². The third-order valence-electron chi connectivity index (χ3n) is 2.71. The second-order valence-electron chi connectivity index (χ2n) is 3.44. The number of rotatable bonds is 7. The Morgan fingerprint density at radius 2 is 1.88 bits per heavy atom. The average Bonchev–Trinajstić information content (AvgIpc) is 2.79. The van der Waals surface area contributed by atoms with E-state index in [1.807, 2.05) is 12.4 Å². The summed E-state index contributed by atoms with van der Waals surface area (Å²) in [5, 5.41) is 0. The molecule has 1 rings (SSSR count). The van der Waals surface area contributed by atoms with Gasteiger partial charge >= 0.3 is 8.80 Å². The highest BCUT2D eigenvalue weighted by atomic mass is 28.4. The van der Waals surface area contributed by atoms with Crippen molar-refractivity contribution in [2.24, 2.45) is 0 Å². The van der Waals surface area contributed by atoms with Gasteiger partial charge in [-0.3, -0.25) is 0 Å². The van der Waals surface area contributed by atoms with Crippen molar-refractivity contribution in [1.82, 2.24) is 9.55 Å². The van der Waals surface area contributed by atoms with Crippen molar-refractivity contribution in [3.8, 4) is 0 Å². The van der Waals surface area contributed by atoms with Crippen molar-refractivity contribution in [3.63, 3.8) is 0 Å². The first-order chi connectivity index (χ1) is 7.71. The topological polar surface area (TPSA) is 45.5 Å². The minimum Gasteiger partial charge on any atom is -0.377 e. The predicted octanol–water partition coefficient (Wildman–Crippen LogP) is 1.32. The lowest BCUT2D eigenvalue weighted by Crippen LogP contribution is -2.43. The fraction of sp³-hybridized carbons (Fsp3) is 0.700. The first-order valence-electron chi connectivity index (χ1n) is 5.36. The largest absolute Gasteiger partial charge is 0.501 e. The molecule has 0 bridgehead atoms. The van der Waals surface area contributed by atoms with E-state index in [4.69, 9.17) is 13.3 Å². The smallest absolute Gasteiger partial charge is 0.377 e. The highest BCUT2D eigenvalue weighted by Gasteiger charge is 2.37. The lowest BCUT2D eigenvalue weighted by atomic mass is 10.4. The zero-order valence-electron chi connectivity index (χ0n) is 10.4. The van der Waals surface area contributed by atoms with Crippen LogP contribution in [0.1, 0.15) is 12.7 Å². The molecule has 0 aliphatic rings. The Morgan fingerprint density at radius 3 is 2.38 bits per heavy atom. The molecule has 1 aromatic heterocycles. The van der Waals surface area contributed by atoms with E-state index in [0.29, 0.717) is 0 Å². The summed E-state index contributed by atoms with van der Waals surface area (Å²) in [5.74, 6) is 1.08. The van der Waals surface area contributed by atoms with E-state index in [1.54, 1.807) is 21.3 Å². The number of hydrogen-bond donors (Lipinski definition) is 0. The molecule has 92 valence electrons. The van der Waals surface area contributed by atoms with Gasteiger partial charge in [0.15, 0.2) is 0 Å². The predicted molar refractivity (Wildman–Crippen MR) is 63.2 cm³/mol. The minimum absolute atomic E-state index is 0.750. The zero-order chi connectivity index (χ0) is 12.0. The molecule has 0 saturated heterocycles. The molecule has 0 N–H and O–H groups in total. The maximum absolute atomic E-state index is 5.37. The van der Waals surface area contributed by atoms with Crippen molar-refractivity contribution < 1.29 is 13.3 Å². The molecule has 0 spiro atoms. The normalized spacial score (nSPS) is 12.0. The summed E-state index contributed by atoms with van der Waals surface area (Å²) in [5.41, 5.74) is 0. The standard InChI is InChI=1S/C10H20N2O3Si/c1-5-10-11-6-7-12(10)8-9-16(13-2,14-3)15-4/h6-7H,5,8-9H2,1-4H3. The maximum Gasteiger partial charge on any atom is 0.501 e. The van der Waals surface area contributed by atoms with Crippen LogP contribution in [0.2, 0.25) is 6.04 Å². The number of imidazole rings is 1. The first kappa shape index (κ1) is 13.4. The summed E-state index contributed by atoms with van der Waals surface area (Å²) in [7, 11) is 2.44. The Morgan fingerprint density at radius 1 is 1.25 bits per heavy atom. The molecule has 0 aromatic carbocycles. The molecule has 0 atom stereocenters. The number of aryl methyl sites for hydroxylation is 2. The summed E-state index contributed by atoms with van der Waals surface area (Å²) >= 11 is 0. The average molecular weight is 244 g/mol. The summed E-state index contributed by atoms with van der Waals surface area (Å²) in [6, 6.07) is 0.750. The van der Waals surface area contributed by atoms with Crippen LogP contribution in [-0.2, 0) is 26.2 Å². The van der Waals surface area contributed by atoms with Gasteiger partial charge in [0.05, 0.1) is 0 Å². The van der Waals surface area contributed by atoms with E-state index in [9.17, 15) is 0 Å². The van der Waals surface area contributed by atoms with Crippen molar-refractivity contribution in [1.29, 1.82) is 0 Å². The number of hydrogen-bond acceptors (Lipinski definition) is 4. The van der Waals surface area contributed by atoms with Gasteiger partial charge in [0.1, 0.15) is 5.82 Å². The van der Waals surface area contributed by atoms with E-state index in [2.05, 4.69) is 16.5 Å². The molecule has 5 nitrogen and oxygen atoms in total. The molecule has 0 aliphatic heterocycles. The molecule has 1 aromatic rings. The molecule has 0 fully saturated rings. The molecule has 0 amide bonds. The summed E-state index contributed by atoms with van der Waals surface area (Å²) in [6.07, 6.45) is 4.71. The Bertz CT molecular complexity index is 305. The monoisotopic (exact) mass is 244 g/mol. The van der Waals surface area contributed by atoms with Crippen LogP contribution in [0.5, 0.6) is 0 Å². The highest BCUT2D eigenvalue weighted by Crippen LogP contribution is 2.14. The molecule has 1 heterocycles. The molecule has 16 heavy (non-hydrogen) atoms. The molecule has 6 heteroatoms. The second-order valence-corrected chi connectivity index (χ2v) is 6.53. The van der Waals surface area contributed by atoms with Gasteiger partial charge in [0, 0.05) is 52.7 Å². The van der Waals surface area contributed by atoms with Crippen LogP contribution >= 0.6 is 0 Å². The van der Waals surface area contributed by atoms with E-state index < -0.39 is 8.80 Å². The summed E-state index contributed by atoms with van der Waals surface area (Å²) in [6.45, 7) is 2.90. The number of aromatic nitrogens is 2. The molecular weight excluding hydrogens is 224 g/mol. The van der Waals surface area contributed by atoms with E-state index >= 15 is 0 Å². The van der Waals surface area contributed by atoms with E-state index in [0.717, 1.165) is 24.8 Å². The lowest BCUT2D eigenvalue weighted by Gasteiger charge is -2.24. The van der Waals surface area contributed by atoms with Crippen LogP contribution in [-0.4, -0.2) is 39.7 Å². The Labute approximate surface area is 97.7 Å². The quantitative estimate of drug-likeness (QED) is 0.679. The van der Waals surface area contributed by atoms with Gasteiger partial charge in [-0.2, -0.15) is 0 Å². The van der Waals surface area contributed by atoms with Gasteiger partial charge in [-0.1, -0.05) is 6.92 Å². The van der Waals surface area contributed by atoms with Crippen molar-refractivity contribution in [2.75, 3.05) is 21.3 Å². The van der Waals surface area contributed by atoms with Crippen LogP contribution < -0.4 is 0 Å². The highest BCUT2D eigenvalue weighted by molar-refractivity contribution is 6.60. The van der Waals surface area contributed by atoms with Gasteiger partial charge in [-0.15, -0.1) is 0 Å². The zero-order valence-corrected chi connectivity index (χ0v) is 11.4. The maximum atomic E-state index is 5.37. The molecule has 0 aliphatic carbocycles. The third-order valence-corrected chi connectivity index (χ3v) is 5.41. The fourth-order valence-electron chi connectivity index (χ4n) is 1.67. The van der Waals surface area contributed by atoms with E-state index in [-0.39, 0.29) is 0 Å². The van der Waals surface area contributed by atoms with Gasteiger partial charge in [-0.05, 0) is 0 Å². The number of nitrogens with zero attached hydrogens (tertiary/aromatic N) is 2. The van der Waals surface area contributed by atoms with Gasteiger partial charge in [0.2, 0.25) is 0 Å². The molecule has 0 radical (unpaired) electrons. The van der Waals surface area contributed by atoms with Gasteiger partial charge in [0.25, 0.3) is 0 Å². The van der Waals surface area contributed by atoms with E-state index in [1.165, 1.54) is 0 Å². The van der Waals surface area contributed by atoms with Gasteiger partial charge in [-0.25, -0.2) is 4.98 Å². The van der Waals surface area contributed by atoms with Crippen LogP contribution in [0.15, 0.2) is 12.4 Å². The Kier molecular flexibility index (Phi) is 5.13. The van der Waals surface area contributed by atoms with Crippen LogP contribution in [0.3, 0.4) is 0 Å². The fourth-order valence-corrected chi connectivity index (χ4v) is 3.30. The van der Waals surface area contributed by atoms with Crippen molar-refractivity contribution in [3.05, 3.63) is 18.2 Å².